The van der Waals surface area contributed by atoms with Crippen LogP contribution in [-0.4, -0.2) is 66.6 Å². The van der Waals surface area contributed by atoms with Gasteiger partial charge in [0.05, 0.1) is 24.9 Å². The summed E-state index contributed by atoms with van der Waals surface area (Å²) in [6.45, 7) is 12.9. The number of thiophene rings is 1. The van der Waals surface area contributed by atoms with Crippen molar-refractivity contribution in [2.24, 2.45) is 12.0 Å². The van der Waals surface area contributed by atoms with Gasteiger partial charge in [-0.05, 0) is 51.8 Å². The lowest BCUT2D eigenvalue weighted by atomic mass is 10.1. The summed E-state index contributed by atoms with van der Waals surface area (Å²) in [4.78, 5) is 9.73. The van der Waals surface area contributed by atoms with Crippen LogP contribution in [0.5, 0.6) is 0 Å². The van der Waals surface area contributed by atoms with Gasteiger partial charge in [0.25, 0.3) is 0 Å². The van der Waals surface area contributed by atoms with E-state index in [0.717, 1.165) is 50.9 Å². The Morgan fingerprint density at radius 3 is 2.52 bits per heavy atom. The Balaban J connectivity index is 0.00000341. The first-order valence-corrected chi connectivity index (χ1v) is 11.5. The average molecular weight is 561 g/mol. The number of aryl methyl sites for hydroxylation is 3. The monoisotopic (exact) mass is 560 g/mol. The second kappa shape index (κ2) is 12.2. The number of ether oxygens (including phenoxy) is 1. The van der Waals surface area contributed by atoms with Crippen LogP contribution in [0.1, 0.15) is 39.7 Å². The normalized spacial score (nSPS) is 17.2. The molecule has 0 spiro atoms. The van der Waals surface area contributed by atoms with Gasteiger partial charge < -0.3 is 15.4 Å². The zero-order valence-corrected chi connectivity index (χ0v) is 22.7. The first kappa shape index (κ1) is 26.1. The lowest BCUT2D eigenvalue weighted by molar-refractivity contribution is 0.0177. The van der Waals surface area contributed by atoms with Crippen molar-refractivity contribution in [2.75, 3.05) is 39.9 Å². The predicted octanol–water partition coefficient (Wildman–Crippen LogP) is 3.19. The zero-order valence-electron chi connectivity index (χ0n) is 19.6. The fourth-order valence-corrected chi connectivity index (χ4v) is 5.04. The molecule has 174 valence electrons. The van der Waals surface area contributed by atoms with Crippen LogP contribution < -0.4 is 10.6 Å². The minimum atomic E-state index is 0. The van der Waals surface area contributed by atoms with E-state index in [4.69, 9.17) is 4.74 Å². The van der Waals surface area contributed by atoms with E-state index in [1.807, 2.05) is 30.1 Å². The number of nitrogens with zero attached hydrogens (tertiary/aromatic N) is 4. The minimum Gasteiger partial charge on any atom is -0.379 e. The number of aliphatic imine (C=N–C) groups is 1. The first-order valence-electron chi connectivity index (χ1n) is 10.7. The molecule has 2 unspecified atom stereocenters. The maximum Gasteiger partial charge on any atom is 0.191 e. The van der Waals surface area contributed by atoms with Crippen LogP contribution in [0.4, 0.5) is 0 Å². The number of rotatable bonds is 7. The summed E-state index contributed by atoms with van der Waals surface area (Å²) < 4.78 is 7.53. The molecule has 0 bridgehead atoms. The van der Waals surface area contributed by atoms with E-state index in [1.54, 1.807) is 0 Å². The lowest BCUT2D eigenvalue weighted by Gasteiger charge is -2.34. The van der Waals surface area contributed by atoms with E-state index < -0.39 is 0 Å². The second-order valence-corrected chi connectivity index (χ2v) is 9.41. The van der Waals surface area contributed by atoms with E-state index in [2.05, 4.69) is 65.5 Å². The highest BCUT2D eigenvalue weighted by molar-refractivity contribution is 14.0. The third-order valence-electron chi connectivity index (χ3n) is 5.81. The van der Waals surface area contributed by atoms with Crippen LogP contribution >= 0.6 is 35.3 Å². The van der Waals surface area contributed by atoms with Crippen LogP contribution in [0.25, 0.3) is 0 Å². The number of guanidine groups is 1. The Morgan fingerprint density at radius 2 is 1.97 bits per heavy atom. The summed E-state index contributed by atoms with van der Waals surface area (Å²) in [7, 11) is 3.84. The molecule has 0 radical (unpaired) electrons. The highest BCUT2D eigenvalue weighted by atomic mass is 127. The predicted molar refractivity (Wildman–Crippen MR) is 140 cm³/mol. The van der Waals surface area contributed by atoms with Crippen molar-refractivity contribution in [3.8, 4) is 0 Å². The molecule has 2 N–H and O–H groups in total. The van der Waals surface area contributed by atoms with Crippen molar-refractivity contribution in [3.63, 3.8) is 0 Å². The topological polar surface area (TPSA) is 66.7 Å². The zero-order chi connectivity index (χ0) is 21.7. The van der Waals surface area contributed by atoms with Gasteiger partial charge in [0.15, 0.2) is 5.96 Å². The molecule has 3 heterocycles. The summed E-state index contributed by atoms with van der Waals surface area (Å²) in [5.74, 6) is 0.841. The van der Waals surface area contributed by atoms with Gasteiger partial charge in [-0.15, -0.1) is 35.3 Å². The fraction of sp³-hybridized carbons (Fsp3) is 0.636. The van der Waals surface area contributed by atoms with Gasteiger partial charge in [-0.3, -0.25) is 14.6 Å². The average Bonchev–Trinajstić information content (AvgIpc) is 3.26. The number of morpholine rings is 1. The van der Waals surface area contributed by atoms with Crippen molar-refractivity contribution in [1.29, 1.82) is 0 Å². The molecule has 2 atom stereocenters. The van der Waals surface area contributed by atoms with Crippen molar-refractivity contribution >= 4 is 41.3 Å². The standard InChI is InChI=1S/C22H36N6OS.HI/c1-15(13-19-17(3)26-27(6)18(19)4)25-22(23-5)24-14-20(21-8-7-16(2)30-21)28-9-11-29-12-10-28;/h7-8,15,20H,9-14H2,1-6H3,(H2,23,24,25);1H. The van der Waals surface area contributed by atoms with Crippen LogP contribution in [-0.2, 0) is 18.2 Å². The second-order valence-electron chi connectivity index (χ2n) is 8.09. The Bertz CT molecular complexity index is 858. The third kappa shape index (κ3) is 6.90. The molecule has 0 aromatic carbocycles. The van der Waals surface area contributed by atoms with Crippen molar-refractivity contribution in [2.45, 2.75) is 46.2 Å². The molecule has 9 heteroatoms. The van der Waals surface area contributed by atoms with Crippen LogP contribution in [0.3, 0.4) is 0 Å². The van der Waals surface area contributed by atoms with Crippen molar-refractivity contribution < 1.29 is 4.74 Å². The smallest absolute Gasteiger partial charge is 0.191 e. The molecule has 1 saturated heterocycles. The van der Waals surface area contributed by atoms with Gasteiger partial charge in [0, 0.05) is 55.2 Å². The Morgan fingerprint density at radius 1 is 1.26 bits per heavy atom. The molecule has 7 nitrogen and oxygen atoms in total. The maximum absolute atomic E-state index is 5.57. The fourth-order valence-electron chi connectivity index (χ4n) is 4.02. The van der Waals surface area contributed by atoms with Gasteiger partial charge in [-0.25, -0.2) is 0 Å². The SMILES string of the molecule is CN=C(NCC(c1ccc(C)s1)N1CCOCC1)NC(C)Cc1c(C)nn(C)c1C.I. The lowest BCUT2D eigenvalue weighted by Crippen LogP contribution is -2.48. The maximum atomic E-state index is 5.57. The molecule has 0 aliphatic carbocycles. The van der Waals surface area contributed by atoms with E-state index in [-0.39, 0.29) is 30.0 Å². The summed E-state index contributed by atoms with van der Waals surface area (Å²) in [6, 6.07) is 5.04. The van der Waals surface area contributed by atoms with Crippen LogP contribution in [0, 0.1) is 20.8 Å². The summed E-state index contributed by atoms with van der Waals surface area (Å²) >= 11 is 1.88. The van der Waals surface area contributed by atoms with E-state index in [1.165, 1.54) is 21.0 Å². The number of hydrogen-bond acceptors (Lipinski definition) is 5. The first-order chi connectivity index (χ1) is 14.4. The number of aromatic nitrogens is 2. The molecular formula is C22H37IN6OS. The highest BCUT2D eigenvalue weighted by Gasteiger charge is 2.24. The Labute approximate surface area is 207 Å². The summed E-state index contributed by atoms with van der Waals surface area (Å²) in [5.41, 5.74) is 3.64. The third-order valence-corrected chi connectivity index (χ3v) is 6.92. The number of nitrogens with one attached hydrogen (secondary N) is 2. The molecular weight excluding hydrogens is 523 g/mol. The largest absolute Gasteiger partial charge is 0.379 e. The van der Waals surface area contributed by atoms with Gasteiger partial charge >= 0.3 is 0 Å². The number of halogens is 1. The van der Waals surface area contributed by atoms with Gasteiger partial charge in [0.2, 0.25) is 0 Å². The molecule has 2 aromatic rings. The van der Waals surface area contributed by atoms with Gasteiger partial charge in [-0.1, -0.05) is 0 Å². The van der Waals surface area contributed by atoms with Gasteiger partial charge in [0.1, 0.15) is 0 Å². The molecule has 31 heavy (non-hydrogen) atoms. The molecule has 0 saturated carbocycles. The molecule has 2 aromatic heterocycles. The molecule has 0 amide bonds. The molecule has 1 aliphatic rings. The van der Waals surface area contributed by atoms with Gasteiger partial charge in [-0.2, -0.15) is 5.10 Å². The molecule has 1 fully saturated rings. The minimum absolute atomic E-state index is 0. The molecule has 1 aliphatic heterocycles. The van der Waals surface area contributed by atoms with E-state index in [0.29, 0.717) is 6.04 Å². The van der Waals surface area contributed by atoms with E-state index >= 15 is 0 Å². The van der Waals surface area contributed by atoms with E-state index in [9.17, 15) is 0 Å². The van der Waals surface area contributed by atoms with Crippen LogP contribution in [0.2, 0.25) is 0 Å². The quantitative estimate of drug-likeness (QED) is 0.310. The van der Waals surface area contributed by atoms with Crippen molar-refractivity contribution in [3.05, 3.63) is 38.8 Å². The summed E-state index contributed by atoms with van der Waals surface area (Å²) in [6.07, 6.45) is 0.920. The van der Waals surface area contributed by atoms with Crippen LogP contribution in [0.15, 0.2) is 17.1 Å². The molecule has 3 rings (SSSR count). The Hall–Kier alpha value is -1.17. The Kier molecular flexibility index (Phi) is 10.2. The highest BCUT2D eigenvalue weighted by Crippen LogP contribution is 2.27. The van der Waals surface area contributed by atoms with Crippen molar-refractivity contribution in [1.82, 2.24) is 25.3 Å². The number of hydrogen-bond donors (Lipinski definition) is 2. The summed E-state index contributed by atoms with van der Waals surface area (Å²) in [5, 5.41) is 11.7.